The number of aliphatic imine (C=N–C) groups is 1. The predicted octanol–water partition coefficient (Wildman–Crippen LogP) is 3.03. The average molecular weight is 414 g/mol. The highest BCUT2D eigenvalue weighted by atomic mass is 16.7. The van der Waals surface area contributed by atoms with E-state index in [0.717, 1.165) is 41.3 Å². The lowest BCUT2D eigenvalue weighted by Crippen LogP contribution is -2.38. The Labute approximate surface area is 178 Å². The fourth-order valence-corrected chi connectivity index (χ4v) is 3.11. The van der Waals surface area contributed by atoms with Gasteiger partial charge in [-0.1, -0.05) is 18.2 Å². The second-order valence-corrected chi connectivity index (χ2v) is 7.34. The topological polar surface area (TPSA) is 84.3 Å². The summed E-state index contributed by atoms with van der Waals surface area (Å²) in [5.74, 6) is 3.00. The summed E-state index contributed by atoms with van der Waals surface area (Å²) < 4.78 is 16.5. The van der Waals surface area contributed by atoms with E-state index in [2.05, 4.69) is 15.6 Å². The van der Waals surface area contributed by atoms with Crippen molar-refractivity contribution < 1.29 is 19.3 Å². The number of fused-ring (bicyclic) bond motifs is 1. The van der Waals surface area contributed by atoms with Gasteiger partial charge in [-0.15, -0.1) is 0 Å². The Hall–Kier alpha value is -2.93. The molecule has 2 aromatic rings. The maximum atomic E-state index is 10.5. The molecule has 1 aliphatic rings. The number of hydrogen-bond acceptors (Lipinski definition) is 5. The zero-order valence-corrected chi connectivity index (χ0v) is 17.9. The Kier molecular flexibility index (Phi) is 7.79. The van der Waals surface area contributed by atoms with E-state index in [1.807, 2.05) is 63.2 Å². The second kappa shape index (κ2) is 10.7. The van der Waals surface area contributed by atoms with Crippen LogP contribution in [0.2, 0.25) is 0 Å². The first-order valence-corrected chi connectivity index (χ1v) is 10.4. The van der Waals surface area contributed by atoms with Crippen molar-refractivity contribution in [3.05, 3.63) is 53.6 Å². The standard InChI is InChI=1S/C23H31N3O4/c1-4-24-23(25-11-10-17-8-9-21-22(12-17)29-15-28-21)26-14-20(27)18-6-5-7-19(13-18)30-16(2)3/h5-9,12-13,16,20,27H,4,10-11,14-15H2,1-3H3,(H2,24,25,26). The smallest absolute Gasteiger partial charge is 0.231 e. The third-order valence-electron chi connectivity index (χ3n) is 4.52. The van der Waals surface area contributed by atoms with Crippen LogP contribution in [0.1, 0.15) is 38.0 Å². The first kappa shape index (κ1) is 21.8. The number of aliphatic hydroxyl groups is 1. The summed E-state index contributed by atoms with van der Waals surface area (Å²) in [5, 5.41) is 17.1. The minimum absolute atomic E-state index is 0.0877. The Bertz CT molecular complexity index is 854. The predicted molar refractivity (Wildman–Crippen MR) is 117 cm³/mol. The molecule has 3 rings (SSSR count). The molecule has 0 saturated heterocycles. The maximum absolute atomic E-state index is 10.5. The fourth-order valence-electron chi connectivity index (χ4n) is 3.11. The van der Waals surface area contributed by atoms with Crippen LogP contribution >= 0.6 is 0 Å². The maximum Gasteiger partial charge on any atom is 0.231 e. The van der Waals surface area contributed by atoms with Crippen LogP contribution in [-0.4, -0.2) is 43.6 Å². The number of ether oxygens (including phenoxy) is 3. The number of hydrogen-bond donors (Lipinski definition) is 3. The molecule has 3 N–H and O–H groups in total. The Morgan fingerprint density at radius 1 is 1.13 bits per heavy atom. The molecule has 0 bridgehead atoms. The van der Waals surface area contributed by atoms with Gasteiger partial charge in [0.05, 0.1) is 18.8 Å². The molecule has 0 spiro atoms. The molecule has 0 aliphatic carbocycles. The van der Waals surface area contributed by atoms with Crippen molar-refractivity contribution in [3.8, 4) is 17.2 Å². The van der Waals surface area contributed by atoms with Crippen molar-refractivity contribution >= 4 is 5.96 Å². The molecule has 1 aliphatic heterocycles. The van der Waals surface area contributed by atoms with Crippen LogP contribution in [-0.2, 0) is 6.42 Å². The molecule has 0 amide bonds. The second-order valence-electron chi connectivity index (χ2n) is 7.34. The lowest BCUT2D eigenvalue weighted by Gasteiger charge is -2.15. The highest BCUT2D eigenvalue weighted by molar-refractivity contribution is 5.79. The molecule has 2 aromatic carbocycles. The highest BCUT2D eigenvalue weighted by Crippen LogP contribution is 2.32. The summed E-state index contributed by atoms with van der Waals surface area (Å²) in [6.45, 7) is 7.95. The third-order valence-corrected chi connectivity index (χ3v) is 4.52. The molecule has 30 heavy (non-hydrogen) atoms. The van der Waals surface area contributed by atoms with Gasteiger partial charge in [0.1, 0.15) is 5.75 Å². The van der Waals surface area contributed by atoms with Gasteiger partial charge in [-0.3, -0.25) is 4.99 Å². The largest absolute Gasteiger partial charge is 0.491 e. The van der Waals surface area contributed by atoms with E-state index in [9.17, 15) is 5.11 Å². The summed E-state index contributed by atoms with van der Waals surface area (Å²) in [7, 11) is 0. The Morgan fingerprint density at radius 3 is 2.77 bits per heavy atom. The van der Waals surface area contributed by atoms with Crippen molar-refractivity contribution in [1.29, 1.82) is 0 Å². The first-order chi connectivity index (χ1) is 14.5. The van der Waals surface area contributed by atoms with E-state index in [0.29, 0.717) is 12.5 Å². The van der Waals surface area contributed by atoms with Crippen LogP contribution < -0.4 is 24.8 Å². The summed E-state index contributed by atoms with van der Waals surface area (Å²) >= 11 is 0. The molecule has 1 unspecified atom stereocenters. The molecule has 7 heteroatoms. The van der Waals surface area contributed by atoms with Crippen LogP contribution in [0.25, 0.3) is 0 Å². The van der Waals surface area contributed by atoms with Gasteiger partial charge >= 0.3 is 0 Å². The molecular weight excluding hydrogens is 382 g/mol. The van der Waals surface area contributed by atoms with E-state index in [1.165, 1.54) is 0 Å². The third kappa shape index (κ3) is 6.29. The number of aliphatic hydroxyl groups excluding tert-OH is 1. The minimum atomic E-state index is -0.704. The molecule has 0 radical (unpaired) electrons. The van der Waals surface area contributed by atoms with E-state index in [-0.39, 0.29) is 19.4 Å². The lowest BCUT2D eigenvalue weighted by molar-refractivity contribution is 0.174. The van der Waals surface area contributed by atoms with E-state index in [4.69, 9.17) is 14.2 Å². The van der Waals surface area contributed by atoms with Gasteiger partial charge in [-0.25, -0.2) is 0 Å². The van der Waals surface area contributed by atoms with Crippen LogP contribution in [0, 0.1) is 0 Å². The lowest BCUT2D eigenvalue weighted by atomic mass is 10.1. The number of nitrogens with one attached hydrogen (secondary N) is 2. The van der Waals surface area contributed by atoms with Crippen molar-refractivity contribution in [3.63, 3.8) is 0 Å². The van der Waals surface area contributed by atoms with Crippen LogP contribution in [0.4, 0.5) is 0 Å². The fraction of sp³-hybridized carbons (Fsp3) is 0.435. The number of guanidine groups is 1. The van der Waals surface area contributed by atoms with E-state index >= 15 is 0 Å². The molecule has 0 aromatic heterocycles. The molecule has 0 saturated carbocycles. The number of rotatable bonds is 9. The molecule has 0 fully saturated rings. The van der Waals surface area contributed by atoms with Crippen molar-refractivity contribution in [2.24, 2.45) is 4.99 Å². The zero-order valence-electron chi connectivity index (χ0n) is 17.9. The van der Waals surface area contributed by atoms with Gasteiger partial charge in [-0.2, -0.15) is 0 Å². The van der Waals surface area contributed by atoms with E-state index < -0.39 is 6.10 Å². The van der Waals surface area contributed by atoms with E-state index in [1.54, 1.807) is 0 Å². The summed E-state index contributed by atoms with van der Waals surface area (Å²) in [6, 6.07) is 13.5. The monoisotopic (exact) mass is 413 g/mol. The van der Waals surface area contributed by atoms with Gasteiger partial charge in [0, 0.05) is 13.1 Å². The summed E-state index contributed by atoms with van der Waals surface area (Å²) in [6.07, 6.45) is 0.202. The van der Waals surface area contributed by atoms with Gasteiger partial charge in [-0.05, 0) is 62.6 Å². The molecule has 162 valence electrons. The Balaban J connectivity index is 1.53. The minimum Gasteiger partial charge on any atom is -0.491 e. The van der Waals surface area contributed by atoms with Crippen LogP contribution in [0.15, 0.2) is 47.5 Å². The first-order valence-electron chi connectivity index (χ1n) is 10.4. The highest BCUT2D eigenvalue weighted by Gasteiger charge is 2.13. The summed E-state index contributed by atoms with van der Waals surface area (Å²) in [5.41, 5.74) is 1.94. The molecule has 1 atom stereocenters. The van der Waals surface area contributed by atoms with Gasteiger partial charge < -0.3 is 30.0 Å². The zero-order chi connectivity index (χ0) is 21.3. The van der Waals surface area contributed by atoms with Crippen molar-refractivity contribution in [1.82, 2.24) is 10.6 Å². The van der Waals surface area contributed by atoms with Gasteiger partial charge in [0.15, 0.2) is 17.5 Å². The normalized spacial score (nSPS) is 14.0. The SMILES string of the molecule is CCNC(=NCC(O)c1cccc(OC(C)C)c1)NCCc1ccc2c(c1)OCO2. The van der Waals surface area contributed by atoms with Crippen molar-refractivity contribution in [2.45, 2.75) is 39.4 Å². The average Bonchev–Trinajstić information content (AvgIpc) is 3.19. The molecular formula is C23H31N3O4. The number of nitrogens with zero attached hydrogens (tertiary/aromatic N) is 1. The van der Waals surface area contributed by atoms with Crippen LogP contribution in [0.5, 0.6) is 17.2 Å². The summed E-state index contributed by atoms with van der Waals surface area (Å²) in [4.78, 5) is 4.53. The molecule has 7 nitrogen and oxygen atoms in total. The Morgan fingerprint density at radius 2 is 1.97 bits per heavy atom. The molecule has 1 heterocycles. The van der Waals surface area contributed by atoms with Crippen molar-refractivity contribution in [2.75, 3.05) is 26.4 Å². The van der Waals surface area contributed by atoms with Crippen LogP contribution in [0.3, 0.4) is 0 Å². The number of benzene rings is 2. The van der Waals surface area contributed by atoms with Gasteiger partial charge in [0.2, 0.25) is 6.79 Å². The van der Waals surface area contributed by atoms with Gasteiger partial charge in [0.25, 0.3) is 0 Å². The quantitative estimate of drug-likeness (QED) is 0.433.